The van der Waals surface area contributed by atoms with Crippen molar-refractivity contribution < 1.29 is 13.2 Å². The van der Waals surface area contributed by atoms with Gasteiger partial charge in [0.1, 0.15) is 0 Å². The van der Waals surface area contributed by atoms with Gasteiger partial charge in [-0.05, 0) is 24.3 Å². The predicted octanol–water partition coefficient (Wildman–Crippen LogP) is 2.51. The van der Waals surface area contributed by atoms with E-state index in [0.717, 1.165) is 6.26 Å². The lowest BCUT2D eigenvalue weighted by molar-refractivity contribution is -0.115. The van der Waals surface area contributed by atoms with Crippen molar-refractivity contribution in [1.29, 1.82) is 0 Å². The summed E-state index contributed by atoms with van der Waals surface area (Å²) in [5.74, 6) is -0.437. The van der Waals surface area contributed by atoms with E-state index in [1.807, 2.05) is 36.4 Å². The van der Waals surface area contributed by atoms with Crippen LogP contribution in [0.5, 0.6) is 0 Å². The molecule has 5 nitrogen and oxygen atoms in total. The third kappa shape index (κ3) is 9.12. The summed E-state index contributed by atoms with van der Waals surface area (Å²) in [4.78, 5) is 11.3. The van der Waals surface area contributed by atoms with Gasteiger partial charge in [0.2, 0.25) is 15.9 Å². The zero-order valence-electron chi connectivity index (χ0n) is 12.0. The number of nitrogens with one attached hydrogen (secondary N) is 2. The highest BCUT2D eigenvalue weighted by Crippen LogP contribution is 2.12. The summed E-state index contributed by atoms with van der Waals surface area (Å²) in [5.41, 5.74) is 0.560. The summed E-state index contributed by atoms with van der Waals surface area (Å²) in [5, 5.41) is 3.08. The first-order valence-corrected chi connectivity index (χ1v) is 8.64. The minimum absolute atomic E-state index is 0.290. The smallest absolute Gasteiger partial charge is 0.239 e. The van der Waals surface area contributed by atoms with Crippen LogP contribution in [0.25, 0.3) is 0 Å². The number of hydrogen-bond acceptors (Lipinski definition) is 3. The molecule has 0 fully saturated rings. The molecule has 2 rings (SSSR count). The molecule has 1 amide bonds. The highest BCUT2D eigenvalue weighted by atomic mass is 35.5. The Balaban J connectivity index is 0.000000335. The maximum absolute atomic E-state index is 11.3. The Bertz CT molecular complexity index is 647. The number of hydrogen-bond donors (Lipinski definition) is 2. The molecule has 7 heteroatoms. The maximum atomic E-state index is 11.3. The van der Waals surface area contributed by atoms with Crippen molar-refractivity contribution in [2.45, 2.75) is 0 Å². The minimum Gasteiger partial charge on any atom is -0.325 e. The van der Waals surface area contributed by atoms with Crippen LogP contribution in [0.1, 0.15) is 0 Å². The number of benzene rings is 2. The summed E-state index contributed by atoms with van der Waals surface area (Å²) in [6, 6.07) is 18.5. The van der Waals surface area contributed by atoms with E-state index in [0.29, 0.717) is 10.7 Å². The van der Waals surface area contributed by atoms with Gasteiger partial charge in [0.25, 0.3) is 0 Å². The Morgan fingerprint density at radius 1 is 1.00 bits per heavy atom. The standard InChI is InChI=1S/C9H11ClN2O3S.C6H6/c1-16(14,15)11-6-9(13)12-8-4-2-7(10)3-5-8;1-2-4-6-5-3-1/h2-5,11H,6H2,1H3,(H,12,13);1-6H. The third-order valence-corrected chi connectivity index (χ3v) is 3.21. The zero-order valence-corrected chi connectivity index (χ0v) is 13.6. The second-order valence-corrected chi connectivity index (χ2v) is 6.57. The van der Waals surface area contributed by atoms with E-state index in [1.54, 1.807) is 24.3 Å². The molecule has 2 aromatic rings. The molecule has 0 saturated carbocycles. The van der Waals surface area contributed by atoms with Crippen LogP contribution < -0.4 is 10.0 Å². The highest BCUT2D eigenvalue weighted by molar-refractivity contribution is 7.88. The number of carbonyl (C=O) groups excluding carboxylic acids is 1. The molecular weight excluding hydrogens is 324 g/mol. The first kappa shape index (κ1) is 18.2. The van der Waals surface area contributed by atoms with Gasteiger partial charge >= 0.3 is 0 Å². The SMILES string of the molecule is CS(=O)(=O)NCC(=O)Nc1ccc(Cl)cc1.c1ccccc1. The van der Waals surface area contributed by atoms with Crippen molar-refractivity contribution in [3.05, 3.63) is 65.7 Å². The summed E-state index contributed by atoms with van der Waals surface area (Å²) < 4.78 is 23.5. The number of carbonyl (C=O) groups is 1. The molecule has 0 radical (unpaired) electrons. The van der Waals surface area contributed by atoms with Crippen molar-refractivity contribution in [2.24, 2.45) is 0 Å². The Morgan fingerprint density at radius 2 is 1.45 bits per heavy atom. The molecule has 0 aromatic heterocycles. The topological polar surface area (TPSA) is 75.3 Å². The largest absolute Gasteiger partial charge is 0.325 e. The first-order chi connectivity index (χ1) is 10.4. The average Bonchev–Trinajstić information content (AvgIpc) is 2.49. The van der Waals surface area contributed by atoms with Crippen molar-refractivity contribution in [2.75, 3.05) is 18.1 Å². The van der Waals surface area contributed by atoms with Gasteiger partial charge in [0.05, 0.1) is 12.8 Å². The molecule has 0 bridgehead atoms. The molecule has 0 aliphatic heterocycles. The number of sulfonamides is 1. The minimum atomic E-state index is -3.35. The van der Waals surface area contributed by atoms with Crippen LogP contribution in [0, 0.1) is 0 Å². The van der Waals surface area contributed by atoms with Crippen LogP contribution in [0.3, 0.4) is 0 Å². The third-order valence-electron chi connectivity index (χ3n) is 2.29. The van der Waals surface area contributed by atoms with Crippen LogP contribution in [-0.2, 0) is 14.8 Å². The van der Waals surface area contributed by atoms with Crippen LogP contribution in [0.2, 0.25) is 5.02 Å². The van der Waals surface area contributed by atoms with Gasteiger partial charge in [-0.1, -0.05) is 48.0 Å². The average molecular weight is 341 g/mol. The Morgan fingerprint density at radius 3 is 1.86 bits per heavy atom. The van der Waals surface area contributed by atoms with Crippen LogP contribution in [0.4, 0.5) is 5.69 Å². The van der Waals surface area contributed by atoms with E-state index in [2.05, 4.69) is 10.0 Å². The van der Waals surface area contributed by atoms with E-state index < -0.39 is 15.9 Å². The summed E-state index contributed by atoms with van der Waals surface area (Å²) in [6.07, 6.45) is 0.989. The quantitative estimate of drug-likeness (QED) is 0.898. The van der Waals surface area contributed by atoms with Gasteiger partial charge in [0.15, 0.2) is 0 Å². The van der Waals surface area contributed by atoms with Gasteiger partial charge in [-0.2, -0.15) is 0 Å². The van der Waals surface area contributed by atoms with Crippen LogP contribution in [-0.4, -0.2) is 27.1 Å². The fourth-order valence-corrected chi connectivity index (χ4v) is 1.84. The van der Waals surface area contributed by atoms with Gasteiger partial charge in [0, 0.05) is 10.7 Å². The normalized spacial score (nSPS) is 10.3. The Labute approximate surface area is 135 Å². The van der Waals surface area contributed by atoms with E-state index in [1.165, 1.54) is 0 Å². The van der Waals surface area contributed by atoms with Crippen molar-refractivity contribution in [1.82, 2.24) is 4.72 Å². The van der Waals surface area contributed by atoms with E-state index >= 15 is 0 Å². The van der Waals surface area contributed by atoms with Crippen LogP contribution in [0.15, 0.2) is 60.7 Å². The molecule has 118 valence electrons. The lowest BCUT2D eigenvalue weighted by atomic mass is 10.3. The second kappa shape index (κ2) is 9.19. The highest BCUT2D eigenvalue weighted by Gasteiger charge is 2.06. The summed E-state index contributed by atoms with van der Waals surface area (Å²) in [7, 11) is -3.35. The van der Waals surface area contributed by atoms with Crippen molar-refractivity contribution in [3.8, 4) is 0 Å². The second-order valence-electron chi connectivity index (χ2n) is 4.30. The molecule has 2 aromatic carbocycles. The Hall–Kier alpha value is -1.89. The molecule has 2 N–H and O–H groups in total. The van der Waals surface area contributed by atoms with Crippen molar-refractivity contribution >= 4 is 33.2 Å². The molecule has 0 unspecified atom stereocenters. The number of halogens is 1. The van der Waals surface area contributed by atoms with E-state index in [-0.39, 0.29) is 6.54 Å². The fourth-order valence-electron chi connectivity index (χ4n) is 1.32. The monoisotopic (exact) mass is 340 g/mol. The fraction of sp³-hybridized carbons (Fsp3) is 0.133. The molecule has 0 heterocycles. The molecule has 0 aliphatic carbocycles. The number of rotatable bonds is 4. The van der Waals surface area contributed by atoms with Crippen molar-refractivity contribution in [3.63, 3.8) is 0 Å². The van der Waals surface area contributed by atoms with Gasteiger partial charge in [-0.15, -0.1) is 0 Å². The maximum Gasteiger partial charge on any atom is 0.239 e. The molecule has 0 spiro atoms. The first-order valence-electron chi connectivity index (χ1n) is 6.37. The zero-order chi connectivity index (χ0) is 16.4. The molecule has 0 aliphatic rings. The van der Waals surface area contributed by atoms with E-state index in [4.69, 9.17) is 11.6 Å². The molecule has 0 atom stereocenters. The lowest BCUT2D eigenvalue weighted by Gasteiger charge is -2.05. The van der Waals surface area contributed by atoms with Gasteiger partial charge in [-0.3, -0.25) is 4.79 Å². The molecule has 22 heavy (non-hydrogen) atoms. The molecule has 0 saturated heterocycles. The molecular formula is C15H17ClN2O3S. The lowest BCUT2D eigenvalue weighted by Crippen LogP contribution is -2.32. The summed E-state index contributed by atoms with van der Waals surface area (Å²) >= 11 is 5.66. The summed E-state index contributed by atoms with van der Waals surface area (Å²) in [6.45, 7) is -0.290. The number of anilines is 1. The van der Waals surface area contributed by atoms with E-state index in [9.17, 15) is 13.2 Å². The van der Waals surface area contributed by atoms with Gasteiger partial charge in [-0.25, -0.2) is 13.1 Å². The van der Waals surface area contributed by atoms with Crippen LogP contribution >= 0.6 is 11.6 Å². The number of amides is 1. The van der Waals surface area contributed by atoms with Gasteiger partial charge < -0.3 is 5.32 Å². The predicted molar refractivity (Wildman–Crippen MR) is 89.4 cm³/mol. The Kier molecular flexibility index (Phi) is 7.59.